The molecule has 1 atom stereocenters. The lowest BCUT2D eigenvalue weighted by Gasteiger charge is -2.22. The summed E-state index contributed by atoms with van der Waals surface area (Å²) < 4.78 is 1.56. The van der Waals surface area contributed by atoms with Crippen LogP contribution in [0.5, 0.6) is 0 Å². The minimum atomic E-state index is -1.13. The van der Waals surface area contributed by atoms with Gasteiger partial charge in [-0.2, -0.15) is 5.10 Å². The Morgan fingerprint density at radius 3 is 2.60 bits per heavy atom. The van der Waals surface area contributed by atoms with Crippen LogP contribution in [0, 0.1) is 0 Å². The molecule has 1 aliphatic heterocycles. The maximum Gasteiger partial charge on any atom is 0.352 e. The average molecular weight is 421 g/mol. The van der Waals surface area contributed by atoms with E-state index in [4.69, 9.17) is 11.6 Å². The zero-order chi connectivity index (χ0) is 21.1. The number of aromatic nitrogens is 2. The van der Waals surface area contributed by atoms with Crippen molar-refractivity contribution in [3.05, 3.63) is 94.8 Å². The number of amides is 1. The van der Waals surface area contributed by atoms with E-state index in [-0.39, 0.29) is 11.3 Å². The average Bonchev–Trinajstić information content (AvgIpc) is 3.18. The Morgan fingerprint density at radius 1 is 1.13 bits per heavy atom. The fourth-order valence-corrected chi connectivity index (χ4v) is 3.26. The summed E-state index contributed by atoms with van der Waals surface area (Å²) in [6.45, 7) is 0. The molecule has 1 amide bonds. The van der Waals surface area contributed by atoms with Gasteiger partial charge in [0.05, 0.1) is 22.9 Å². The second-order valence-electron chi connectivity index (χ2n) is 6.56. The molecular formula is C22H17ClN4O3. The molecule has 0 spiro atoms. The fourth-order valence-electron chi connectivity index (χ4n) is 3.08. The molecule has 3 N–H and O–H groups in total. The number of carboxylic acid groups (broad SMARTS) is 1. The van der Waals surface area contributed by atoms with Crippen LogP contribution in [0.4, 0.5) is 11.5 Å². The predicted molar refractivity (Wildman–Crippen MR) is 115 cm³/mol. The molecule has 0 radical (unpaired) electrons. The van der Waals surface area contributed by atoms with E-state index in [1.165, 1.54) is 12.3 Å². The van der Waals surface area contributed by atoms with Gasteiger partial charge >= 0.3 is 5.97 Å². The highest BCUT2D eigenvalue weighted by atomic mass is 35.5. The molecule has 7 nitrogen and oxygen atoms in total. The second-order valence-corrected chi connectivity index (χ2v) is 6.96. The summed E-state index contributed by atoms with van der Waals surface area (Å²) in [4.78, 5) is 24.4. The Balaban J connectivity index is 1.66. The molecule has 0 saturated carbocycles. The number of benzene rings is 2. The van der Waals surface area contributed by atoms with Crippen LogP contribution in [0.1, 0.15) is 22.0 Å². The first-order valence-electron chi connectivity index (χ1n) is 9.11. The number of anilines is 2. The Labute approximate surface area is 177 Å². The smallest absolute Gasteiger partial charge is 0.352 e. The van der Waals surface area contributed by atoms with Crippen LogP contribution in [-0.4, -0.2) is 26.8 Å². The van der Waals surface area contributed by atoms with Crippen LogP contribution < -0.4 is 10.6 Å². The summed E-state index contributed by atoms with van der Waals surface area (Å²) in [5.41, 5.74) is 1.60. The number of hydrogen-bond donors (Lipinski definition) is 3. The maximum atomic E-state index is 12.8. The van der Waals surface area contributed by atoms with E-state index >= 15 is 0 Å². The molecule has 0 bridgehead atoms. The number of fused-ring (bicyclic) bond motifs is 1. The summed E-state index contributed by atoms with van der Waals surface area (Å²) in [6, 6.07) is 16.0. The number of para-hydroxylation sites is 1. The number of hydrogen-bond acceptors (Lipinski definition) is 4. The van der Waals surface area contributed by atoms with Gasteiger partial charge in [0.1, 0.15) is 17.1 Å². The largest absolute Gasteiger partial charge is 0.477 e. The van der Waals surface area contributed by atoms with E-state index in [1.807, 2.05) is 42.5 Å². The summed E-state index contributed by atoms with van der Waals surface area (Å²) in [5.74, 6) is -1.28. The molecule has 0 aliphatic carbocycles. The number of allylic oxidation sites excluding steroid dienone is 2. The first-order valence-corrected chi connectivity index (χ1v) is 9.49. The Kier molecular flexibility index (Phi) is 5.36. The predicted octanol–water partition coefficient (Wildman–Crippen LogP) is 4.44. The van der Waals surface area contributed by atoms with Crippen LogP contribution in [0.15, 0.2) is 78.6 Å². The first kappa shape index (κ1) is 19.5. The number of nitrogens with one attached hydrogen (secondary N) is 2. The highest BCUT2D eigenvalue weighted by Gasteiger charge is 2.27. The van der Waals surface area contributed by atoms with Gasteiger partial charge in [-0.15, -0.1) is 0 Å². The lowest BCUT2D eigenvalue weighted by molar-refractivity contribution is -0.132. The number of rotatable bonds is 5. The van der Waals surface area contributed by atoms with Crippen molar-refractivity contribution in [2.75, 3.05) is 10.6 Å². The minimum absolute atomic E-state index is 0.0301. The van der Waals surface area contributed by atoms with Crippen LogP contribution in [0.3, 0.4) is 0 Å². The van der Waals surface area contributed by atoms with Crippen LogP contribution in [-0.2, 0) is 4.79 Å². The van der Waals surface area contributed by atoms with Gasteiger partial charge in [-0.1, -0.05) is 66.2 Å². The van der Waals surface area contributed by atoms with Gasteiger partial charge in [-0.3, -0.25) is 4.79 Å². The number of carbonyl (C=O) groups is 2. The van der Waals surface area contributed by atoms with Gasteiger partial charge in [0.15, 0.2) is 0 Å². The van der Waals surface area contributed by atoms with E-state index in [0.29, 0.717) is 16.5 Å². The van der Waals surface area contributed by atoms with Crippen molar-refractivity contribution in [2.24, 2.45) is 0 Å². The molecule has 1 aromatic heterocycles. The van der Waals surface area contributed by atoms with Gasteiger partial charge in [0.2, 0.25) is 0 Å². The molecule has 2 aromatic carbocycles. The fraction of sp³-hybridized carbons (Fsp3) is 0.0455. The number of aliphatic carboxylic acids is 1. The first-order chi connectivity index (χ1) is 14.5. The van der Waals surface area contributed by atoms with Gasteiger partial charge in [0, 0.05) is 0 Å². The van der Waals surface area contributed by atoms with Gasteiger partial charge in [-0.25, -0.2) is 9.48 Å². The summed E-state index contributed by atoms with van der Waals surface area (Å²) in [5, 5.41) is 19.7. The molecule has 1 unspecified atom stereocenters. The standard InChI is InChI=1S/C22H17ClN4O3/c23-17-8-4-5-9-18(17)26-21(28)16-13-24-27-15(11-10-14-6-2-1-3-7-14)12-19(22(29)30)25-20(16)27/h1-13,15,25H,(H,26,28)(H,29,30). The van der Waals surface area contributed by atoms with Crippen molar-refractivity contribution >= 4 is 41.1 Å². The monoisotopic (exact) mass is 420 g/mol. The summed E-state index contributed by atoms with van der Waals surface area (Å²) >= 11 is 6.11. The van der Waals surface area contributed by atoms with Gasteiger partial charge in [-0.05, 0) is 23.8 Å². The molecule has 4 rings (SSSR count). The van der Waals surface area contributed by atoms with Gasteiger partial charge in [0.25, 0.3) is 5.91 Å². The highest BCUT2D eigenvalue weighted by Crippen LogP contribution is 2.30. The third-order valence-electron chi connectivity index (χ3n) is 4.55. The van der Waals surface area contributed by atoms with Crippen LogP contribution >= 0.6 is 11.6 Å². The second kappa shape index (κ2) is 8.26. The number of nitrogens with zero attached hydrogens (tertiary/aromatic N) is 2. The third-order valence-corrected chi connectivity index (χ3v) is 4.88. The molecular weight excluding hydrogens is 404 g/mol. The van der Waals surface area contributed by atoms with E-state index < -0.39 is 17.9 Å². The number of carbonyl (C=O) groups excluding carboxylic acids is 1. The lowest BCUT2D eigenvalue weighted by atomic mass is 10.1. The Bertz CT molecular complexity index is 1170. The molecule has 8 heteroatoms. The summed E-state index contributed by atoms with van der Waals surface area (Å²) in [6.07, 6.45) is 6.64. The third kappa shape index (κ3) is 3.97. The van der Waals surface area contributed by atoms with Crippen molar-refractivity contribution in [2.45, 2.75) is 6.04 Å². The van der Waals surface area contributed by atoms with Crippen LogP contribution in [0.2, 0.25) is 5.02 Å². The van der Waals surface area contributed by atoms with Crippen molar-refractivity contribution in [1.82, 2.24) is 9.78 Å². The van der Waals surface area contributed by atoms with E-state index in [9.17, 15) is 14.7 Å². The number of halogens is 1. The molecule has 0 fully saturated rings. The quantitative estimate of drug-likeness (QED) is 0.567. The highest BCUT2D eigenvalue weighted by molar-refractivity contribution is 6.34. The molecule has 2 heterocycles. The van der Waals surface area contributed by atoms with Crippen molar-refractivity contribution in [1.29, 1.82) is 0 Å². The van der Waals surface area contributed by atoms with Crippen molar-refractivity contribution in [3.63, 3.8) is 0 Å². The normalized spacial score (nSPS) is 15.2. The SMILES string of the molecule is O=C(O)C1=CC(C=Cc2ccccc2)n2ncc(C(=O)Nc3ccccc3Cl)c2N1. The maximum absolute atomic E-state index is 12.8. The Hall–Kier alpha value is -3.84. The van der Waals surface area contributed by atoms with E-state index in [1.54, 1.807) is 28.9 Å². The molecule has 1 aliphatic rings. The lowest BCUT2D eigenvalue weighted by Crippen LogP contribution is -2.24. The summed E-state index contributed by atoms with van der Waals surface area (Å²) in [7, 11) is 0. The molecule has 3 aromatic rings. The van der Waals surface area contributed by atoms with Gasteiger partial charge < -0.3 is 15.7 Å². The molecule has 150 valence electrons. The van der Waals surface area contributed by atoms with E-state index in [0.717, 1.165) is 5.56 Å². The zero-order valence-corrected chi connectivity index (χ0v) is 16.4. The topological polar surface area (TPSA) is 96.2 Å². The molecule has 30 heavy (non-hydrogen) atoms. The van der Waals surface area contributed by atoms with Crippen molar-refractivity contribution < 1.29 is 14.7 Å². The molecule has 0 saturated heterocycles. The number of carboxylic acids is 1. The Morgan fingerprint density at radius 2 is 1.87 bits per heavy atom. The zero-order valence-electron chi connectivity index (χ0n) is 15.6. The van der Waals surface area contributed by atoms with E-state index in [2.05, 4.69) is 15.7 Å². The van der Waals surface area contributed by atoms with Crippen molar-refractivity contribution in [3.8, 4) is 0 Å². The minimum Gasteiger partial charge on any atom is -0.477 e. The van der Waals surface area contributed by atoms with Crippen LogP contribution in [0.25, 0.3) is 6.08 Å².